The predicted molar refractivity (Wildman–Crippen MR) is 196 cm³/mol. The Hall–Kier alpha value is -1.66. The molecule has 5 aliphatic rings. The zero-order chi connectivity index (χ0) is 32.7. The Bertz CT molecular complexity index is 1650. The quantitative estimate of drug-likeness (QED) is 0.220. The van der Waals surface area contributed by atoms with E-state index in [4.69, 9.17) is 0 Å². The number of benzene rings is 3. The third kappa shape index (κ3) is 8.61. The first kappa shape index (κ1) is 39.1. The normalized spacial score (nSPS) is 24.0. The van der Waals surface area contributed by atoms with Crippen molar-refractivity contribution in [3.8, 4) is 0 Å². The van der Waals surface area contributed by atoms with Crippen molar-refractivity contribution in [3.63, 3.8) is 0 Å². The molecule has 48 heavy (non-hydrogen) atoms. The molecule has 4 aromatic rings. The van der Waals surface area contributed by atoms with Crippen LogP contribution in [0.3, 0.4) is 0 Å². The van der Waals surface area contributed by atoms with Gasteiger partial charge in [-0.15, -0.1) is 53.1 Å². The summed E-state index contributed by atoms with van der Waals surface area (Å²) >= 11 is 1.51. The second kappa shape index (κ2) is 15.7. The molecule has 0 saturated heterocycles. The van der Waals surface area contributed by atoms with Crippen LogP contribution in [0.4, 0.5) is 0 Å². The number of fused-ring (bicyclic) bond motifs is 3. The Morgan fingerprint density at radius 2 is 1.23 bits per heavy atom. The summed E-state index contributed by atoms with van der Waals surface area (Å²) in [7, 11) is 0. The molecule has 0 aliphatic heterocycles. The first-order valence-corrected chi connectivity index (χ1v) is 19.2. The van der Waals surface area contributed by atoms with Crippen LogP contribution in [0.2, 0.25) is 0 Å². The van der Waals surface area contributed by atoms with E-state index < -0.39 is 0 Å². The standard InChI is InChI=1S/C21H25.C16H21.C8H8.2ClH.Zr/c1-20(2,3)16-7-9-18-14(12-16)11-15-13-17(21(4,5)6)8-10-19(15)18;1-11-3-2-4-15(11)16-8-12-5-13(9-16)7-14(6-12)10-16;1-2-8-6-4-3-5-7-8;;;/h7-13H,1-6H3;3,12-14H,2,5-10H2,1H3;1,3-7H,2H2;2*1H;/q2*-1;;;;+2/p-2. The molecule has 4 fully saturated rings. The molecule has 0 unspecified atom stereocenters. The van der Waals surface area contributed by atoms with Crippen molar-refractivity contribution in [2.24, 2.45) is 23.2 Å². The average Bonchev–Trinajstić information content (AvgIpc) is 3.60. The molecule has 4 aromatic carbocycles. The van der Waals surface area contributed by atoms with Gasteiger partial charge in [-0.2, -0.15) is 6.08 Å². The van der Waals surface area contributed by atoms with E-state index in [9.17, 15) is 0 Å². The average molecular weight is 757 g/mol. The second-order valence-corrected chi connectivity index (χ2v) is 18.0. The second-order valence-electron chi connectivity index (χ2n) is 17.0. The van der Waals surface area contributed by atoms with Crippen molar-refractivity contribution in [1.82, 2.24) is 0 Å². The molecule has 4 bridgehead atoms. The molecule has 0 heterocycles. The van der Waals surface area contributed by atoms with Gasteiger partial charge < -0.3 is 24.8 Å². The van der Waals surface area contributed by atoms with Gasteiger partial charge in [-0.3, -0.25) is 6.08 Å². The number of allylic oxidation sites excluding steroid dienone is 4. The molecule has 254 valence electrons. The van der Waals surface area contributed by atoms with E-state index in [1.54, 1.807) is 30.4 Å². The first-order chi connectivity index (χ1) is 21.8. The van der Waals surface area contributed by atoms with Crippen LogP contribution in [-0.4, -0.2) is 3.71 Å². The van der Waals surface area contributed by atoms with Crippen molar-refractivity contribution in [2.75, 3.05) is 0 Å². The maximum atomic E-state index is 3.69. The van der Waals surface area contributed by atoms with Crippen molar-refractivity contribution >= 4 is 25.3 Å². The monoisotopic (exact) mass is 754 g/mol. The molecular formula is C45H54Cl2Zr-2. The van der Waals surface area contributed by atoms with Crippen LogP contribution >= 0.6 is 0 Å². The Morgan fingerprint density at radius 3 is 1.62 bits per heavy atom. The molecule has 0 amide bonds. The Labute approximate surface area is 318 Å². The third-order valence-electron chi connectivity index (χ3n) is 11.3. The molecule has 0 nitrogen and oxygen atoms in total. The van der Waals surface area contributed by atoms with E-state index in [1.165, 1.54) is 81.7 Å². The zero-order valence-electron chi connectivity index (χ0n) is 30.2. The fourth-order valence-electron chi connectivity index (χ4n) is 9.26. The molecular weight excluding hydrogens is 703 g/mol. The van der Waals surface area contributed by atoms with E-state index in [0.717, 1.165) is 30.6 Å². The summed E-state index contributed by atoms with van der Waals surface area (Å²) < 4.78 is 2.25. The van der Waals surface area contributed by atoms with Gasteiger partial charge in [0.2, 0.25) is 0 Å². The Morgan fingerprint density at radius 1 is 0.750 bits per heavy atom. The third-order valence-corrected chi connectivity index (χ3v) is 11.8. The van der Waals surface area contributed by atoms with Gasteiger partial charge in [-0.05, 0) is 72.5 Å². The molecule has 5 aliphatic carbocycles. The number of hydrogen-bond acceptors (Lipinski definition) is 0. The van der Waals surface area contributed by atoms with Crippen molar-refractivity contribution in [2.45, 2.75) is 111 Å². The van der Waals surface area contributed by atoms with Crippen LogP contribution in [0.1, 0.15) is 110 Å². The van der Waals surface area contributed by atoms with Crippen LogP contribution in [0.25, 0.3) is 21.5 Å². The molecule has 4 saturated carbocycles. The van der Waals surface area contributed by atoms with Gasteiger partial charge in [0.05, 0.1) is 0 Å². The van der Waals surface area contributed by atoms with E-state index in [-0.39, 0.29) is 35.6 Å². The van der Waals surface area contributed by atoms with Crippen LogP contribution < -0.4 is 24.8 Å². The minimum absolute atomic E-state index is 0. The van der Waals surface area contributed by atoms with Crippen LogP contribution in [0.15, 0.2) is 90.0 Å². The van der Waals surface area contributed by atoms with Crippen molar-refractivity contribution in [3.05, 3.63) is 113 Å². The van der Waals surface area contributed by atoms with Crippen LogP contribution in [0.5, 0.6) is 0 Å². The van der Waals surface area contributed by atoms with Crippen LogP contribution in [-0.2, 0) is 41.5 Å². The van der Waals surface area contributed by atoms with Gasteiger partial charge in [0.25, 0.3) is 0 Å². The summed E-state index contributed by atoms with van der Waals surface area (Å²) in [6.07, 6.45) is 17.4. The first-order valence-electron chi connectivity index (χ1n) is 17.8. The van der Waals surface area contributed by atoms with E-state index in [1.807, 2.05) is 6.07 Å². The van der Waals surface area contributed by atoms with Gasteiger partial charge in [0.15, 0.2) is 0 Å². The van der Waals surface area contributed by atoms with Crippen molar-refractivity contribution < 1.29 is 49.0 Å². The number of rotatable bonds is 3. The molecule has 0 atom stereocenters. The Balaban J connectivity index is 0.000000171. The van der Waals surface area contributed by atoms with Gasteiger partial charge in [-0.1, -0.05) is 76.9 Å². The summed E-state index contributed by atoms with van der Waals surface area (Å²) in [6.45, 7) is 15.9. The van der Waals surface area contributed by atoms with E-state index >= 15 is 0 Å². The molecule has 0 spiro atoms. The van der Waals surface area contributed by atoms with Crippen molar-refractivity contribution in [1.29, 1.82) is 0 Å². The molecule has 0 aromatic heterocycles. The molecule has 0 radical (unpaired) electrons. The minimum atomic E-state index is 0. The molecule has 3 heteroatoms. The fourth-order valence-corrected chi connectivity index (χ4v) is 9.84. The fraction of sp³-hybridized carbons (Fsp3) is 0.467. The summed E-state index contributed by atoms with van der Waals surface area (Å²) in [5.41, 5.74) is 8.42. The maximum absolute atomic E-state index is 3.69. The topological polar surface area (TPSA) is 0 Å². The zero-order valence-corrected chi connectivity index (χ0v) is 34.2. The SMILES string of the molecule is CC(C)(C)c1ccc2c(c1)[cH-]c1cc(C(C)(C)C)ccc12.CC1=CC[C-]=C1C12CC3CC(CC(C3)C1)C2.[Cl-].[Cl-].[Zr+2]=[CH]Cc1ccccc1. The number of halogens is 2. The number of hydrogen-bond donors (Lipinski definition) is 0. The van der Waals surface area contributed by atoms with E-state index in [0.29, 0.717) is 5.41 Å². The summed E-state index contributed by atoms with van der Waals surface area (Å²) in [6, 6.07) is 26.7. The molecule has 0 N–H and O–H groups in total. The summed E-state index contributed by atoms with van der Waals surface area (Å²) in [4.78, 5) is 0. The van der Waals surface area contributed by atoms with Gasteiger partial charge in [0.1, 0.15) is 0 Å². The van der Waals surface area contributed by atoms with Crippen LogP contribution in [0, 0.1) is 29.2 Å². The predicted octanol–water partition coefficient (Wildman–Crippen LogP) is 6.18. The van der Waals surface area contributed by atoms with Gasteiger partial charge in [0, 0.05) is 0 Å². The summed E-state index contributed by atoms with van der Waals surface area (Å²) in [5, 5.41) is 5.48. The van der Waals surface area contributed by atoms with Gasteiger partial charge >= 0.3 is 70.3 Å². The summed E-state index contributed by atoms with van der Waals surface area (Å²) in [5.74, 6) is 3.19. The van der Waals surface area contributed by atoms with Gasteiger partial charge in [-0.25, -0.2) is 11.1 Å². The van der Waals surface area contributed by atoms with E-state index in [2.05, 4.69) is 131 Å². The Kier molecular flexibility index (Phi) is 12.8. The molecule has 9 rings (SSSR count).